The summed E-state index contributed by atoms with van der Waals surface area (Å²) >= 11 is 0. The van der Waals surface area contributed by atoms with Gasteiger partial charge in [0.05, 0.1) is 56.4 Å². The molecule has 5 heteroatoms. The maximum Gasteiger partial charge on any atom is 0.0998 e. The van der Waals surface area contributed by atoms with Crippen LogP contribution in [0.1, 0.15) is 11.1 Å². The summed E-state index contributed by atoms with van der Waals surface area (Å²) in [5.41, 5.74) is 12.7. The minimum atomic E-state index is 0.585. The number of aromatic nitrogens is 3. The number of rotatable bonds is 4. The van der Waals surface area contributed by atoms with Crippen LogP contribution in [0, 0.1) is 22.7 Å². The molecule has 5 nitrogen and oxygen atoms in total. The fraction of sp³-hybridized carbons (Fsp3) is 0. The van der Waals surface area contributed by atoms with Gasteiger partial charge in [-0.1, -0.05) is 97.1 Å². The van der Waals surface area contributed by atoms with Crippen LogP contribution >= 0.6 is 0 Å². The molecule has 0 atom stereocenters. The van der Waals surface area contributed by atoms with E-state index in [1.54, 1.807) is 0 Å². The molecule has 3 aromatic heterocycles. The molecule has 0 N–H and O–H groups in total. The molecular weight excluding hydrogens is 671 g/mol. The molecule has 0 radical (unpaired) electrons. The van der Waals surface area contributed by atoms with Crippen LogP contribution in [0.5, 0.6) is 0 Å². The Morgan fingerprint density at radius 1 is 0.327 bits per heavy atom. The lowest BCUT2D eigenvalue weighted by Crippen LogP contribution is -1.97. The highest BCUT2D eigenvalue weighted by molar-refractivity contribution is 6.13. The fourth-order valence-corrected chi connectivity index (χ4v) is 8.78. The van der Waals surface area contributed by atoms with Crippen molar-refractivity contribution in [1.29, 1.82) is 10.5 Å². The number of para-hydroxylation sites is 4. The number of nitriles is 2. The van der Waals surface area contributed by atoms with Gasteiger partial charge in [-0.05, 0) is 90.0 Å². The lowest BCUT2D eigenvalue weighted by atomic mass is 9.99. The fourth-order valence-electron chi connectivity index (χ4n) is 8.78. The summed E-state index contributed by atoms with van der Waals surface area (Å²) in [7, 11) is 0. The van der Waals surface area contributed by atoms with E-state index in [1.807, 2.05) is 42.5 Å². The summed E-state index contributed by atoms with van der Waals surface area (Å²) in [6.45, 7) is 0. The lowest BCUT2D eigenvalue weighted by Gasteiger charge is -2.13. The first-order valence-corrected chi connectivity index (χ1v) is 18.3. The van der Waals surface area contributed by atoms with Crippen molar-refractivity contribution in [3.8, 4) is 40.3 Å². The Morgan fingerprint density at radius 3 is 1.42 bits per heavy atom. The Labute approximate surface area is 316 Å². The van der Waals surface area contributed by atoms with Crippen molar-refractivity contribution < 1.29 is 0 Å². The summed E-state index contributed by atoms with van der Waals surface area (Å²) < 4.78 is 6.85. The molecule has 0 amide bonds. The third-order valence-electron chi connectivity index (χ3n) is 11.1. The highest BCUT2D eigenvalue weighted by Gasteiger charge is 2.18. The Hall–Kier alpha value is -7.86. The lowest BCUT2D eigenvalue weighted by molar-refractivity contribution is 1.16. The first kappa shape index (κ1) is 30.7. The van der Waals surface area contributed by atoms with Crippen molar-refractivity contribution in [2.24, 2.45) is 0 Å². The largest absolute Gasteiger partial charge is 0.309 e. The van der Waals surface area contributed by atoms with E-state index in [4.69, 9.17) is 0 Å². The second-order valence-corrected chi connectivity index (χ2v) is 14.0. The van der Waals surface area contributed by atoms with Crippen LogP contribution in [0.3, 0.4) is 0 Å². The minimum absolute atomic E-state index is 0.585. The van der Waals surface area contributed by atoms with Gasteiger partial charge in [0.15, 0.2) is 0 Å². The molecule has 8 aromatic carbocycles. The van der Waals surface area contributed by atoms with Crippen molar-refractivity contribution in [2.75, 3.05) is 0 Å². The molecular formula is C50H29N5. The zero-order valence-electron chi connectivity index (χ0n) is 29.5. The Morgan fingerprint density at radius 2 is 0.782 bits per heavy atom. The maximum atomic E-state index is 10.5. The molecule has 0 saturated heterocycles. The molecule has 11 aromatic rings. The molecule has 254 valence electrons. The summed E-state index contributed by atoms with van der Waals surface area (Å²) in [5, 5.41) is 27.2. The molecule has 0 aliphatic carbocycles. The normalized spacial score (nSPS) is 11.6. The van der Waals surface area contributed by atoms with Gasteiger partial charge in [0.1, 0.15) is 0 Å². The Balaban J connectivity index is 1.02. The number of hydrogen-bond acceptors (Lipinski definition) is 2. The topological polar surface area (TPSA) is 62.4 Å². The van der Waals surface area contributed by atoms with Gasteiger partial charge in [-0.2, -0.15) is 10.5 Å². The standard InChI is InChI=1S/C50H29N5/c51-30-33-10-9-19-49-50(33)42-14-4-8-18-47(42)55(49)36-24-26-38(34(28-36)31-52)32-20-22-35(23-21-32)53-46-17-7-3-13-41(46)43-29-37(25-27-48(43)53)54-44-15-5-1-11-39(44)40-12-2-6-16-45(40)54/h1-29H. The molecule has 0 aliphatic heterocycles. The molecule has 0 bridgehead atoms. The van der Waals surface area contributed by atoms with Crippen molar-refractivity contribution in [3.63, 3.8) is 0 Å². The number of hydrogen-bond donors (Lipinski definition) is 0. The number of nitrogens with zero attached hydrogens (tertiary/aromatic N) is 5. The van der Waals surface area contributed by atoms with Crippen LogP contribution in [-0.2, 0) is 0 Å². The van der Waals surface area contributed by atoms with Gasteiger partial charge >= 0.3 is 0 Å². The first-order chi connectivity index (χ1) is 27.2. The number of fused-ring (bicyclic) bond motifs is 9. The van der Waals surface area contributed by atoms with E-state index in [2.05, 4.69) is 159 Å². The van der Waals surface area contributed by atoms with Gasteiger partial charge < -0.3 is 13.7 Å². The summed E-state index contributed by atoms with van der Waals surface area (Å²) in [6.07, 6.45) is 0. The Kier molecular flexibility index (Phi) is 6.61. The smallest absolute Gasteiger partial charge is 0.0998 e. The highest BCUT2D eigenvalue weighted by Crippen LogP contribution is 2.39. The minimum Gasteiger partial charge on any atom is -0.309 e. The van der Waals surface area contributed by atoms with Gasteiger partial charge in [-0.3, -0.25) is 0 Å². The summed E-state index contributed by atoms with van der Waals surface area (Å²) in [5.74, 6) is 0. The molecule has 0 saturated carbocycles. The summed E-state index contributed by atoms with van der Waals surface area (Å²) in [6, 6.07) is 66.0. The van der Waals surface area contributed by atoms with Crippen LogP contribution in [0.2, 0.25) is 0 Å². The van der Waals surface area contributed by atoms with E-state index in [0.29, 0.717) is 11.1 Å². The van der Waals surface area contributed by atoms with Crippen LogP contribution in [0.4, 0.5) is 0 Å². The van der Waals surface area contributed by atoms with Crippen LogP contribution < -0.4 is 0 Å². The average molecular weight is 700 g/mol. The zero-order chi connectivity index (χ0) is 36.6. The second-order valence-electron chi connectivity index (χ2n) is 14.0. The molecule has 3 heterocycles. The van der Waals surface area contributed by atoms with E-state index in [-0.39, 0.29) is 0 Å². The van der Waals surface area contributed by atoms with Crippen molar-refractivity contribution in [3.05, 3.63) is 187 Å². The zero-order valence-corrected chi connectivity index (χ0v) is 29.5. The predicted octanol–water partition coefficient (Wildman–Crippen LogP) is 12.4. The van der Waals surface area contributed by atoms with E-state index in [1.165, 1.54) is 32.6 Å². The van der Waals surface area contributed by atoms with Gasteiger partial charge in [0, 0.05) is 49.4 Å². The maximum absolute atomic E-state index is 10.5. The van der Waals surface area contributed by atoms with Crippen molar-refractivity contribution in [2.45, 2.75) is 0 Å². The third kappa shape index (κ3) is 4.45. The first-order valence-electron chi connectivity index (χ1n) is 18.3. The predicted molar refractivity (Wildman–Crippen MR) is 224 cm³/mol. The van der Waals surface area contributed by atoms with Gasteiger partial charge in [-0.15, -0.1) is 0 Å². The van der Waals surface area contributed by atoms with Crippen LogP contribution in [0.25, 0.3) is 93.6 Å². The van der Waals surface area contributed by atoms with Gasteiger partial charge in [0.2, 0.25) is 0 Å². The van der Waals surface area contributed by atoms with Gasteiger partial charge in [0.25, 0.3) is 0 Å². The molecule has 0 fully saturated rings. The van der Waals surface area contributed by atoms with Crippen LogP contribution in [-0.4, -0.2) is 13.7 Å². The molecule has 0 spiro atoms. The SMILES string of the molecule is N#Cc1cc(-n2c3ccccc3c3c(C#N)cccc32)ccc1-c1ccc(-n2c3ccccc3c3cc(-n4c5ccccc5c5ccccc54)ccc32)cc1. The molecule has 11 rings (SSSR count). The monoisotopic (exact) mass is 699 g/mol. The average Bonchev–Trinajstić information content (AvgIpc) is 3.89. The number of benzene rings is 8. The highest BCUT2D eigenvalue weighted by atomic mass is 15.0. The van der Waals surface area contributed by atoms with E-state index < -0.39 is 0 Å². The second kappa shape index (κ2) is 11.8. The van der Waals surface area contributed by atoms with E-state index in [0.717, 1.165) is 61.0 Å². The van der Waals surface area contributed by atoms with E-state index in [9.17, 15) is 10.5 Å². The quantitative estimate of drug-likeness (QED) is 0.184. The molecule has 0 unspecified atom stereocenters. The third-order valence-corrected chi connectivity index (χ3v) is 11.1. The summed E-state index contributed by atoms with van der Waals surface area (Å²) in [4.78, 5) is 0. The Bertz CT molecular complexity index is 3400. The van der Waals surface area contributed by atoms with Crippen LogP contribution in [0.15, 0.2) is 176 Å². The van der Waals surface area contributed by atoms with Crippen molar-refractivity contribution >= 4 is 65.4 Å². The van der Waals surface area contributed by atoms with Crippen molar-refractivity contribution in [1.82, 2.24) is 13.7 Å². The molecule has 55 heavy (non-hydrogen) atoms. The van der Waals surface area contributed by atoms with Gasteiger partial charge in [-0.25, -0.2) is 0 Å². The molecule has 0 aliphatic rings. The van der Waals surface area contributed by atoms with E-state index >= 15 is 0 Å².